The number of nitrogens with one attached hydrogen (secondary N) is 2. The minimum Gasteiger partial charge on any atom is -0.490 e. The number of hydrogen-bond donors (Lipinski definition) is 2. The van der Waals surface area contributed by atoms with Crippen molar-refractivity contribution < 1.29 is 19.1 Å². The Morgan fingerprint density at radius 1 is 1.20 bits per heavy atom. The number of amides is 1. The Morgan fingerprint density at radius 2 is 1.94 bits per heavy atom. The predicted octanol–water partition coefficient (Wildman–Crippen LogP) is 4.79. The molecule has 1 aliphatic carbocycles. The SMILES string of the molecule is CCNC(=O)Oc1c(OCC)cc(C(=O)CN2Cc3ccc(C4CC4)nc3C2=N)cc1C(C)(C)C. The smallest absolute Gasteiger partial charge is 0.412 e. The average Bonchev–Trinajstić information content (AvgIpc) is 3.60. The van der Waals surface area contributed by atoms with E-state index in [0.717, 1.165) is 24.1 Å². The fourth-order valence-electron chi connectivity index (χ4n) is 4.24. The predicted molar refractivity (Wildman–Crippen MR) is 134 cm³/mol. The van der Waals surface area contributed by atoms with Crippen molar-refractivity contribution in [2.45, 2.75) is 65.3 Å². The minimum atomic E-state index is -0.570. The van der Waals surface area contributed by atoms with E-state index in [-0.39, 0.29) is 18.2 Å². The number of rotatable bonds is 8. The number of amidine groups is 1. The molecule has 1 saturated carbocycles. The number of nitrogens with zero attached hydrogens (tertiary/aromatic N) is 2. The summed E-state index contributed by atoms with van der Waals surface area (Å²) in [5.41, 5.74) is 3.44. The monoisotopic (exact) mass is 478 g/mol. The zero-order valence-electron chi connectivity index (χ0n) is 21.2. The summed E-state index contributed by atoms with van der Waals surface area (Å²) in [6, 6.07) is 7.49. The molecule has 8 heteroatoms. The van der Waals surface area contributed by atoms with Crippen molar-refractivity contribution >= 4 is 17.7 Å². The molecule has 0 bridgehead atoms. The van der Waals surface area contributed by atoms with Gasteiger partial charge in [0.15, 0.2) is 17.3 Å². The van der Waals surface area contributed by atoms with E-state index in [9.17, 15) is 9.59 Å². The van der Waals surface area contributed by atoms with Crippen LogP contribution in [0.2, 0.25) is 0 Å². The third-order valence-corrected chi connectivity index (χ3v) is 6.23. The fraction of sp³-hybridized carbons (Fsp3) is 0.481. The van der Waals surface area contributed by atoms with Gasteiger partial charge in [-0.25, -0.2) is 9.78 Å². The molecule has 1 aliphatic heterocycles. The fourth-order valence-corrected chi connectivity index (χ4v) is 4.24. The molecule has 1 fully saturated rings. The van der Waals surface area contributed by atoms with Gasteiger partial charge in [0.2, 0.25) is 0 Å². The third-order valence-electron chi connectivity index (χ3n) is 6.23. The van der Waals surface area contributed by atoms with E-state index in [0.29, 0.717) is 53.9 Å². The Kier molecular flexibility index (Phi) is 6.83. The Morgan fingerprint density at radius 3 is 2.57 bits per heavy atom. The van der Waals surface area contributed by atoms with Crippen molar-refractivity contribution in [1.82, 2.24) is 15.2 Å². The van der Waals surface area contributed by atoms with Crippen LogP contribution in [0.3, 0.4) is 0 Å². The van der Waals surface area contributed by atoms with Gasteiger partial charge in [-0.1, -0.05) is 26.8 Å². The molecular formula is C27H34N4O4. The van der Waals surface area contributed by atoms with Gasteiger partial charge in [0.25, 0.3) is 0 Å². The molecule has 1 aromatic carbocycles. The number of Topliss-reactive ketones (excluding diaryl/α,β-unsaturated/α-hetero) is 1. The summed E-state index contributed by atoms with van der Waals surface area (Å²) in [5.74, 6) is 1.33. The summed E-state index contributed by atoms with van der Waals surface area (Å²) >= 11 is 0. The molecule has 0 atom stereocenters. The van der Waals surface area contributed by atoms with Crippen LogP contribution in [-0.2, 0) is 12.0 Å². The number of ketones is 1. The molecule has 2 heterocycles. The van der Waals surface area contributed by atoms with Gasteiger partial charge < -0.3 is 19.7 Å². The van der Waals surface area contributed by atoms with Gasteiger partial charge in [-0.3, -0.25) is 10.2 Å². The number of pyridine rings is 1. The van der Waals surface area contributed by atoms with Crippen LogP contribution in [0.5, 0.6) is 11.5 Å². The van der Waals surface area contributed by atoms with Crippen molar-refractivity contribution in [3.63, 3.8) is 0 Å². The van der Waals surface area contributed by atoms with E-state index in [1.807, 2.05) is 46.8 Å². The first-order valence-electron chi connectivity index (χ1n) is 12.3. The summed E-state index contributed by atoms with van der Waals surface area (Å²) < 4.78 is 11.4. The topological polar surface area (TPSA) is 105 Å². The molecule has 1 aromatic heterocycles. The Balaban J connectivity index is 1.61. The first-order valence-corrected chi connectivity index (χ1v) is 12.3. The lowest BCUT2D eigenvalue weighted by molar-refractivity contribution is 0.0962. The van der Waals surface area contributed by atoms with Gasteiger partial charge in [0, 0.05) is 41.4 Å². The number of benzene rings is 1. The molecule has 0 spiro atoms. The van der Waals surface area contributed by atoms with Crippen LogP contribution in [0.15, 0.2) is 24.3 Å². The summed E-state index contributed by atoms with van der Waals surface area (Å²) in [4.78, 5) is 32.1. The van der Waals surface area contributed by atoms with E-state index in [1.54, 1.807) is 17.0 Å². The zero-order valence-corrected chi connectivity index (χ0v) is 21.2. The first kappa shape index (κ1) is 24.7. The number of fused-ring (bicyclic) bond motifs is 1. The van der Waals surface area contributed by atoms with Gasteiger partial charge >= 0.3 is 6.09 Å². The summed E-state index contributed by atoms with van der Waals surface area (Å²) in [5, 5.41) is 11.3. The van der Waals surface area contributed by atoms with Gasteiger partial charge in [0.1, 0.15) is 11.5 Å². The van der Waals surface area contributed by atoms with Crippen molar-refractivity contribution in [1.29, 1.82) is 5.41 Å². The molecule has 4 rings (SSSR count). The minimum absolute atomic E-state index is 0.0552. The van der Waals surface area contributed by atoms with Crippen molar-refractivity contribution in [2.75, 3.05) is 19.7 Å². The van der Waals surface area contributed by atoms with Crippen LogP contribution >= 0.6 is 0 Å². The van der Waals surface area contributed by atoms with Crippen LogP contribution in [0.1, 0.15) is 86.3 Å². The highest BCUT2D eigenvalue weighted by molar-refractivity contribution is 6.04. The summed E-state index contributed by atoms with van der Waals surface area (Å²) in [6.45, 7) is 11.0. The maximum absolute atomic E-state index is 13.4. The lowest BCUT2D eigenvalue weighted by Crippen LogP contribution is -2.31. The highest BCUT2D eigenvalue weighted by atomic mass is 16.6. The lowest BCUT2D eigenvalue weighted by atomic mass is 9.84. The van der Waals surface area contributed by atoms with Gasteiger partial charge in [-0.15, -0.1) is 0 Å². The zero-order chi connectivity index (χ0) is 25.3. The van der Waals surface area contributed by atoms with Crippen LogP contribution in [0.4, 0.5) is 4.79 Å². The molecular weight excluding hydrogens is 444 g/mol. The quantitative estimate of drug-likeness (QED) is 0.529. The van der Waals surface area contributed by atoms with Crippen LogP contribution in [0, 0.1) is 5.41 Å². The van der Waals surface area contributed by atoms with Crippen LogP contribution in [-0.4, -0.2) is 47.3 Å². The van der Waals surface area contributed by atoms with E-state index in [4.69, 9.17) is 19.9 Å². The average molecular weight is 479 g/mol. The molecule has 2 N–H and O–H groups in total. The van der Waals surface area contributed by atoms with Crippen LogP contribution in [0.25, 0.3) is 0 Å². The highest BCUT2D eigenvalue weighted by Gasteiger charge is 2.32. The van der Waals surface area contributed by atoms with E-state index >= 15 is 0 Å². The maximum atomic E-state index is 13.4. The van der Waals surface area contributed by atoms with Crippen molar-refractivity contribution in [2.24, 2.45) is 0 Å². The van der Waals surface area contributed by atoms with Crippen LogP contribution < -0.4 is 14.8 Å². The van der Waals surface area contributed by atoms with E-state index in [1.165, 1.54) is 0 Å². The molecule has 2 aliphatic rings. The molecule has 186 valence electrons. The Bertz CT molecular complexity index is 1160. The third kappa shape index (κ3) is 5.31. The molecule has 2 aromatic rings. The number of ether oxygens (including phenoxy) is 2. The first-order chi connectivity index (χ1) is 16.6. The second kappa shape index (κ2) is 9.68. The molecule has 0 saturated heterocycles. The molecule has 0 unspecified atom stereocenters. The number of hydrogen-bond acceptors (Lipinski definition) is 6. The van der Waals surface area contributed by atoms with Gasteiger partial charge in [-0.05, 0) is 50.3 Å². The second-order valence-corrected chi connectivity index (χ2v) is 10.1. The molecule has 8 nitrogen and oxygen atoms in total. The lowest BCUT2D eigenvalue weighted by Gasteiger charge is -2.25. The molecule has 35 heavy (non-hydrogen) atoms. The number of carbonyl (C=O) groups is 2. The number of carbonyl (C=O) groups excluding carboxylic acids is 2. The van der Waals surface area contributed by atoms with Gasteiger partial charge in [0.05, 0.1) is 13.2 Å². The van der Waals surface area contributed by atoms with Crippen molar-refractivity contribution in [3.8, 4) is 11.5 Å². The number of aromatic nitrogens is 1. The summed E-state index contributed by atoms with van der Waals surface area (Å²) in [6.07, 6.45) is 1.73. The van der Waals surface area contributed by atoms with Gasteiger partial charge in [-0.2, -0.15) is 0 Å². The molecule has 1 amide bonds. The highest BCUT2D eigenvalue weighted by Crippen LogP contribution is 2.41. The molecule has 0 radical (unpaired) electrons. The van der Waals surface area contributed by atoms with E-state index < -0.39 is 11.5 Å². The van der Waals surface area contributed by atoms with Crippen molar-refractivity contribution in [3.05, 3.63) is 52.3 Å². The summed E-state index contributed by atoms with van der Waals surface area (Å²) in [7, 11) is 0. The van der Waals surface area contributed by atoms with E-state index in [2.05, 4.69) is 5.32 Å². The second-order valence-electron chi connectivity index (χ2n) is 10.1. The normalized spacial score (nSPS) is 15.1. The largest absolute Gasteiger partial charge is 0.490 e. The standard InChI is InChI=1S/C27H34N4O4/c1-6-29-26(33)35-24-19(27(3,4)5)12-18(13-22(24)34-7-2)21(32)15-31-14-17-10-11-20(16-8-9-16)30-23(17)25(31)28/h10-13,16,28H,6-9,14-15H2,1-5H3,(H,29,33). The Hall–Kier alpha value is -3.42. The Labute approximate surface area is 206 Å². The maximum Gasteiger partial charge on any atom is 0.412 e.